The van der Waals surface area contributed by atoms with Gasteiger partial charge in [-0.05, 0) is 30.7 Å². The first-order valence-corrected chi connectivity index (χ1v) is 5.72. The first-order valence-electron chi connectivity index (χ1n) is 5.35. The summed E-state index contributed by atoms with van der Waals surface area (Å²) in [5.41, 5.74) is 1.73. The number of amides is 1. The lowest BCUT2D eigenvalue weighted by molar-refractivity contribution is -0.115. The van der Waals surface area contributed by atoms with Crippen molar-refractivity contribution in [2.24, 2.45) is 0 Å². The molecule has 1 N–H and O–H groups in total. The second-order valence-corrected chi connectivity index (χ2v) is 4.12. The molecule has 2 aromatic rings. The number of aryl methyl sites for hydroxylation is 1. The van der Waals surface area contributed by atoms with E-state index in [-0.39, 0.29) is 17.5 Å². The number of carbonyl (C=O) groups is 1. The van der Waals surface area contributed by atoms with Crippen LogP contribution in [-0.4, -0.2) is 21.1 Å². The van der Waals surface area contributed by atoms with Crippen LogP contribution >= 0.6 is 11.6 Å². The van der Waals surface area contributed by atoms with Crippen LogP contribution in [0.15, 0.2) is 30.5 Å². The van der Waals surface area contributed by atoms with E-state index in [4.69, 9.17) is 11.6 Å². The van der Waals surface area contributed by atoms with Crippen molar-refractivity contribution in [3.63, 3.8) is 0 Å². The van der Waals surface area contributed by atoms with E-state index < -0.39 is 0 Å². The van der Waals surface area contributed by atoms with Gasteiger partial charge in [-0.15, -0.1) is 10.2 Å². The number of hydrogen-bond donors (Lipinski definition) is 1. The van der Waals surface area contributed by atoms with E-state index in [2.05, 4.69) is 20.5 Å². The maximum Gasteiger partial charge on any atom is 0.231 e. The van der Waals surface area contributed by atoms with Gasteiger partial charge in [0.2, 0.25) is 5.91 Å². The van der Waals surface area contributed by atoms with E-state index in [1.54, 1.807) is 18.3 Å². The Morgan fingerprint density at radius 3 is 2.83 bits per heavy atom. The normalized spacial score (nSPS) is 10.1. The molecule has 6 heteroatoms. The molecule has 0 bridgehead atoms. The smallest absolute Gasteiger partial charge is 0.231 e. The van der Waals surface area contributed by atoms with E-state index >= 15 is 0 Å². The first-order chi connectivity index (χ1) is 8.65. The lowest BCUT2D eigenvalue weighted by Crippen LogP contribution is -2.16. The lowest BCUT2D eigenvalue weighted by Gasteiger charge is -2.05. The minimum Gasteiger partial charge on any atom is -0.309 e. The molecule has 2 heterocycles. The summed E-state index contributed by atoms with van der Waals surface area (Å²) in [5, 5.41) is 10.3. The number of anilines is 1. The van der Waals surface area contributed by atoms with Crippen LogP contribution in [0.4, 0.5) is 5.82 Å². The Morgan fingerprint density at radius 1 is 1.33 bits per heavy atom. The third-order valence-corrected chi connectivity index (χ3v) is 2.55. The summed E-state index contributed by atoms with van der Waals surface area (Å²) < 4.78 is 0. The molecule has 0 aliphatic carbocycles. The molecule has 5 nitrogen and oxygen atoms in total. The summed E-state index contributed by atoms with van der Waals surface area (Å²) in [4.78, 5) is 15.9. The van der Waals surface area contributed by atoms with Gasteiger partial charge < -0.3 is 5.32 Å². The van der Waals surface area contributed by atoms with Gasteiger partial charge in [0.15, 0.2) is 11.0 Å². The van der Waals surface area contributed by atoms with Crippen LogP contribution in [-0.2, 0) is 11.2 Å². The summed E-state index contributed by atoms with van der Waals surface area (Å²) in [5.74, 6) is 0.186. The standard InChI is InChI=1S/C12H11ClN4O/c1-8-3-2-6-14-9(8)7-12(18)15-11-5-4-10(13)16-17-11/h2-6H,7H2,1H3,(H,15,17,18). The average Bonchev–Trinajstić information content (AvgIpc) is 2.35. The van der Waals surface area contributed by atoms with Gasteiger partial charge in [0.05, 0.1) is 12.1 Å². The lowest BCUT2D eigenvalue weighted by atomic mass is 10.1. The van der Waals surface area contributed by atoms with Crippen molar-refractivity contribution in [2.75, 3.05) is 5.32 Å². The van der Waals surface area contributed by atoms with Crippen molar-refractivity contribution in [1.82, 2.24) is 15.2 Å². The molecule has 2 rings (SSSR count). The molecule has 0 radical (unpaired) electrons. The molecule has 0 spiro atoms. The predicted molar refractivity (Wildman–Crippen MR) is 68.3 cm³/mol. The zero-order valence-corrected chi connectivity index (χ0v) is 10.5. The van der Waals surface area contributed by atoms with Crippen molar-refractivity contribution in [3.8, 4) is 0 Å². The highest BCUT2D eigenvalue weighted by molar-refractivity contribution is 6.29. The van der Waals surface area contributed by atoms with Gasteiger partial charge in [0.25, 0.3) is 0 Å². The fraction of sp³-hybridized carbons (Fsp3) is 0.167. The van der Waals surface area contributed by atoms with Crippen LogP contribution < -0.4 is 5.32 Å². The molecule has 0 aromatic carbocycles. The molecule has 0 unspecified atom stereocenters. The molecule has 0 aliphatic rings. The molecule has 0 saturated carbocycles. The van der Waals surface area contributed by atoms with Crippen LogP contribution in [0.2, 0.25) is 5.15 Å². The largest absolute Gasteiger partial charge is 0.309 e. The average molecular weight is 263 g/mol. The fourth-order valence-electron chi connectivity index (χ4n) is 1.43. The van der Waals surface area contributed by atoms with Gasteiger partial charge in [-0.2, -0.15) is 0 Å². The Labute approximate surface area is 109 Å². The molecule has 0 fully saturated rings. The Kier molecular flexibility index (Phi) is 3.84. The van der Waals surface area contributed by atoms with Crippen molar-refractivity contribution in [3.05, 3.63) is 46.9 Å². The predicted octanol–water partition coefficient (Wildman–Crippen LogP) is 2.01. The van der Waals surface area contributed by atoms with Gasteiger partial charge in [0, 0.05) is 6.20 Å². The van der Waals surface area contributed by atoms with Gasteiger partial charge in [0.1, 0.15) is 0 Å². The SMILES string of the molecule is Cc1cccnc1CC(=O)Nc1ccc(Cl)nn1. The van der Waals surface area contributed by atoms with E-state index in [1.807, 2.05) is 19.1 Å². The van der Waals surface area contributed by atoms with E-state index in [0.717, 1.165) is 11.3 Å². The third-order valence-electron chi connectivity index (χ3n) is 2.35. The summed E-state index contributed by atoms with van der Waals surface area (Å²) in [6.45, 7) is 1.91. The number of hydrogen-bond acceptors (Lipinski definition) is 4. The molecule has 0 aliphatic heterocycles. The van der Waals surface area contributed by atoms with E-state index in [1.165, 1.54) is 0 Å². The van der Waals surface area contributed by atoms with Crippen molar-refractivity contribution in [1.29, 1.82) is 0 Å². The van der Waals surface area contributed by atoms with Crippen molar-refractivity contribution >= 4 is 23.3 Å². The number of nitrogens with one attached hydrogen (secondary N) is 1. The Hall–Kier alpha value is -2.01. The maximum absolute atomic E-state index is 11.8. The van der Waals surface area contributed by atoms with Crippen LogP contribution in [0.3, 0.4) is 0 Å². The van der Waals surface area contributed by atoms with Gasteiger partial charge in [-0.1, -0.05) is 17.7 Å². The number of nitrogens with zero attached hydrogens (tertiary/aromatic N) is 3. The minimum atomic E-state index is -0.187. The summed E-state index contributed by atoms with van der Waals surface area (Å²) >= 11 is 5.60. The number of aromatic nitrogens is 3. The summed E-state index contributed by atoms with van der Waals surface area (Å²) in [6, 6.07) is 6.91. The van der Waals surface area contributed by atoms with Crippen LogP contribution in [0.1, 0.15) is 11.3 Å². The quantitative estimate of drug-likeness (QED) is 0.919. The summed E-state index contributed by atoms with van der Waals surface area (Å²) in [6.07, 6.45) is 1.87. The first kappa shape index (κ1) is 12.4. The highest BCUT2D eigenvalue weighted by atomic mass is 35.5. The molecule has 2 aromatic heterocycles. The number of carbonyl (C=O) groups excluding carboxylic acids is 1. The fourth-order valence-corrected chi connectivity index (χ4v) is 1.53. The molecule has 1 amide bonds. The minimum absolute atomic E-state index is 0.187. The van der Waals surface area contributed by atoms with Gasteiger partial charge in [-0.3, -0.25) is 9.78 Å². The van der Waals surface area contributed by atoms with Crippen molar-refractivity contribution in [2.45, 2.75) is 13.3 Å². The Morgan fingerprint density at radius 2 is 2.17 bits per heavy atom. The van der Waals surface area contributed by atoms with Gasteiger partial charge in [-0.25, -0.2) is 0 Å². The number of rotatable bonds is 3. The highest BCUT2D eigenvalue weighted by Crippen LogP contribution is 2.08. The van der Waals surface area contributed by atoms with Crippen LogP contribution in [0, 0.1) is 6.92 Å². The highest BCUT2D eigenvalue weighted by Gasteiger charge is 2.08. The maximum atomic E-state index is 11.8. The Bertz CT molecular complexity index is 556. The molecule has 92 valence electrons. The van der Waals surface area contributed by atoms with Crippen molar-refractivity contribution < 1.29 is 4.79 Å². The van der Waals surface area contributed by atoms with Crippen LogP contribution in [0.25, 0.3) is 0 Å². The van der Waals surface area contributed by atoms with Crippen LogP contribution in [0.5, 0.6) is 0 Å². The second-order valence-electron chi connectivity index (χ2n) is 3.73. The topological polar surface area (TPSA) is 67.8 Å². The monoisotopic (exact) mass is 262 g/mol. The van der Waals surface area contributed by atoms with E-state index in [0.29, 0.717) is 5.82 Å². The molecule has 18 heavy (non-hydrogen) atoms. The third kappa shape index (κ3) is 3.24. The Balaban J connectivity index is 2.01. The zero-order chi connectivity index (χ0) is 13.0. The zero-order valence-electron chi connectivity index (χ0n) is 9.72. The molecule has 0 atom stereocenters. The number of pyridine rings is 1. The molecular weight excluding hydrogens is 252 g/mol. The summed E-state index contributed by atoms with van der Waals surface area (Å²) in [7, 11) is 0. The van der Waals surface area contributed by atoms with E-state index in [9.17, 15) is 4.79 Å². The second kappa shape index (κ2) is 5.55. The van der Waals surface area contributed by atoms with Gasteiger partial charge >= 0.3 is 0 Å². The molecular formula is C12H11ClN4O. The number of halogens is 1. The molecule has 0 saturated heterocycles.